The first-order valence-corrected chi connectivity index (χ1v) is 8.86. The first-order chi connectivity index (χ1) is 11.5. The van der Waals surface area contributed by atoms with Gasteiger partial charge in [0.05, 0.1) is 21.4 Å². The summed E-state index contributed by atoms with van der Waals surface area (Å²) in [7, 11) is -1.93. The average Bonchev–Trinajstić information content (AvgIpc) is 2.61. The van der Waals surface area contributed by atoms with E-state index in [1.807, 2.05) is 13.1 Å². The number of hydrogen-bond acceptors (Lipinski definition) is 6. The second kappa shape index (κ2) is 6.51. The van der Waals surface area contributed by atoms with Crippen LogP contribution in [0.2, 0.25) is 0 Å². The summed E-state index contributed by atoms with van der Waals surface area (Å²) in [4.78, 5) is 0.176. The normalized spacial score (nSPS) is 16.4. The Kier molecular flexibility index (Phi) is 4.42. The lowest BCUT2D eigenvalue weighted by Gasteiger charge is -2.26. The maximum atomic E-state index is 12.8. The minimum absolute atomic E-state index is 0.0741. The minimum Gasteiger partial charge on any atom is -0.486 e. The molecule has 1 aliphatic heterocycles. The molecule has 0 bridgehead atoms. The summed E-state index contributed by atoms with van der Waals surface area (Å²) >= 11 is 0. The summed E-state index contributed by atoms with van der Waals surface area (Å²) in [6, 6.07) is 12.4. The number of nitriles is 1. The van der Waals surface area contributed by atoms with Crippen molar-refractivity contribution < 1.29 is 17.9 Å². The van der Waals surface area contributed by atoms with E-state index >= 15 is 0 Å². The quantitative estimate of drug-likeness (QED) is 0.909. The molecule has 6 nitrogen and oxygen atoms in total. The van der Waals surface area contributed by atoms with Crippen LogP contribution in [0, 0.1) is 11.3 Å². The maximum Gasteiger partial charge on any atom is 0.206 e. The fraction of sp³-hybridized carbons (Fsp3) is 0.235. The molecule has 0 spiro atoms. The van der Waals surface area contributed by atoms with Crippen LogP contribution in [0.5, 0.6) is 11.5 Å². The van der Waals surface area contributed by atoms with Gasteiger partial charge in [0.25, 0.3) is 0 Å². The van der Waals surface area contributed by atoms with Crippen molar-refractivity contribution in [2.24, 2.45) is 0 Å². The van der Waals surface area contributed by atoms with Crippen LogP contribution in [-0.2, 0) is 9.84 Å². The van der Waals surface area contributed by atoms with E-state index < -0.39 is 9.84 Å². The highest BCUT2D eigenvalue weighted by Gasteiger charge is 2.25. The van der Waals surface area contributed by atoms with Crippen molar-refractivity contribution in [3.05, 3.63) is 48.0 Å². The zero-order valence-corrected chi connectivity index (χ0v) is 13.8. The molecule has 2 aromatic rings. The molecule has 0 fully saturated rings. The monoisotopic (exact) mass is 344 g/mol. The molecule has 24 heavy (non-hydrogen) atoms. The third-order valence-corrected chi connectivity index (χ3v) is 5.40. The number of rotatable bonds is 4. The van der Waals surface area contributed by atoms with Gasteiger partial charge >= 0.3 is 0 Å². The number of sulfone groups is 1. The van der Waals surface area contributed by atoms with Crippen LogP contribution in [0.1, 0.15) is 5.56 Å². The summed E-state index contributed by atoms with van der Waals surface area (Å²) in [5.41, 5.74) is 0.294. The van der Waals surface area contributed by atoms with Crippen LogP contribution in [0.4, 0.5) is 0 Å². The van der Waals surface area contributed by atoms with Crippen LogP contribution in [0.25, 0.3) is 0 Å². The van der Waals surface area contributed by atoms with Gasteiger partial charge in [-0.15, -0.1) is 0 Å². The Morgan fingerprint density at radius 3 is 2.75 bits per heavy atom. The van der Waals surface area contributed by atoms with Gasteiger partial charge in [0, 0.05) is 12.6 Å². The third kappa shape index (κ3) is 3.07. The lowest BCUT2D eigenvalue weighted by molar-refractivity contribution is 0.0915. The summed E-state index contributed by atoms with van der Waals surface area (Å²) in [5, 5.41) is 11.9. The minimum atomic E-state index is -3.74. The molecule has 1 N–H and O–H groups in total. The summed E-state index contributed by atoms with van der Waals surface area (Å²) in [6.45, 7) is 1.00. The highest BCUT2D eigenvalue weighted by atomic mass is 32.2. The first-order valence-electron chi connectivity index (χ1n) is 7.38. The van der Waals surface area contributed by atoms with E-state index in [9.17, 15) is 8.42 Å². The molecule has 1 atom stereocenters. The Balaban J connectivity index is 1.98. The lowest BCUT2D eigenvalue weighted by atomic mass is 10.2. The Bertz CT molecular complexity index is 903. The summed E-state index contributed by atoms with van der Waals surface area (Å²) in [5.74, 6) is 0.922. The maximum absolute atomic E-state index is 12.8. The van der Waals surface area contributed by atoms with Crippen molar-refractivity contribution in [3.63, 3.8) is 0 Å². The van der Waals surface area contributed by atoms with E-state index in [1.165, 1.54) is 24.3 Å². The highest BCUT2D eigenvalue weighted by Crippen LogP contribution is 2.35. The first kappa shape index (κ1) is 16.3. The Hall–Kier alpha value is -2.56. The lowest BCUT2D eigenvalue weighted by Crippen LogP contribution is -2.37. The molecule has 2 aromatic carbocycles. The third-order valence-electron chi connectivity index (χ3n) is 3.65. The zero-order valence-electron chi connectivity index (χ0n) is 13.0. The van der Waals surface area contributed by atoms with Gasteiger partial charge in [0.2, 0.25) is 9.84 Å². The molecule has 1 aliphatic rings. The molecule has 0 amide bonds. The van der Waals surface area contributed by atoms with Crippen molar-refractivity contribution in [1.29, 1.82) is 5.26 Å². The molecular weight excluding hydrogens is 328 g/mol. The average molecular weight is 344 g/mol. The van der Waals surface area contributed by atoms with E-state index in [-0.39, 0.29) is 15.9 Å². The molecule has 124 valence electrons. The van der Waals surface area contributed by atoms with E-state index in [0.29, 0.717) is 30.2 Å². The van der Waals surface area contributed by atoms with E-state index in [4.69, 9.17) is 14.7 Å². The smallest absolute Gasteiger partial charge is 0.206 e. The second-order valence-electron chi connectivity index (χ2n) is 5.36. The SMILES string of the molecule is CNCC1COc2ccc(S(=O)(=O)c3cccc(C#N)c3)cc2O1. The molecule has 3 rings (SSSR count). The van der Waals surface area contributed by atoms with Crippen molar-refractivity contribution in [3.8, 4) is 17.6 Å². The van der Waals surface area contributed by atoms with Crippen molar-refractivity contribution in [2.45, 2.75) is 15.9 Å². The van der Waals surface area contributed by atoms with Crippen LogP contribution in [-0.4, -0.2) is 34.7 Å². The van der Waals surface area contributed by atoms with Gasteiger partial charge in [-0.25, -0.2) is 8.42 Å². The second-order valence-corrected chi connectivity index (χ2v) is 7.31. The molecule has 7 heteroatoms. The molecule has 0 radical (unpaired) electrons. The summed E-state index contributed by atoms with van der Waals surface area (Å²) < 4.78 is 36.9. The number of likely N-dealkylation sites (N-methyl/N-ethyl adjacent to an activating group) is 1. The Labute approximate surface area is 140 Å². The number of hydrogen-bond donors (Lipinski definition) is 1. The zero-order chi connectivity index (χ0) is 17.2. The van der Waals surface area contributed by atoms with Crippen molar-refractivity contribution >= 4 is 9.84 Å². The van der Waals surface area contributed by atoms with Gasteiger partial charge in [-0.1, -0.05) is 6.07 Å². The highest BCUT2D eigenvalue weighted by molar-refractivity contribution is 7.91. The fourth-order valence-electron chi connectivity index (χ4n) is 2.46. The van der Waals surface area contributed by atoms with Gasteiger partial charge in [-0.3, -0.25) is 0 Å². The van der Waals surface area contributed by atoms with Gasteiger partial charge < -0.3 is 14.8 Å². The van der Waals surface area contributed by atoms with Crippen LogP contribution < -0.4 is 14.8 Å². The standard InChI is InChI=1S/C17H16N2O4S/c1-19-10-13-11-22-16-6-5-15(8-17(16)23-13)24(20,21)14-4-2-3-12(7-14)9-18/h2-8,13,19H,10-11H2,1H3. The largest absolute Gasteiger partial charge is 0.486 e. The topological polar surface area (TPSA) is 88.4 Å². The predicted molar refractivity (Wildman–Crippen MR) is 86.9 cm³/mol. The number of benzene rings is 2. The number of fused-ring (bicyclic) bond motifs is 1. The van der Waals surface area contributed by atoms with Gasteiger partial charge in [-0.2, -0.15) is 5.26 Å². The molecule has 0 aromatic heterocycles. The molecule has 0 aliphatic carbocycles. The van der Waals surface area contributed by atoms with Crippen molar-refractivity contribution in [2.75, 3.05) is 20.2 Å². The van der Waals surface area contributed by atoms with E-state index in [2.05, 4.69) is 5.32 Å². The van der Waals surface area contributed by atoms with Crippen LogP contribution in [0.15, 0.2) is 52.3 Å². The van der Waals surface area contributed by atoms with E-state index in [0.717, 1.165) is 0 Å². The van der Waals surface area contributed by atoms with Gasteiger partial charge in [0.15, 0.2) is 11.5 Å². The van der Waals surface area contributed by atoms with E-state index in [1.54, 1.807) is 18.2 Å². The van der Waals surface area contributed by atoms with Crippen LogP contribution >= 0.6 is 0 Å². The fourth-order valence-corrected chi connectivity index (χ4v) is 3.78. The predicted octanol–water partition coefficient (Wildman–Crippen LogP) is 1.75. The molecular formula is C17H16N2O4S. The molecule has 1 heterocycles. The number of nitrogens with one attached hydrogen (secondary N) is 1. The van der Waals surface area contributed by atoms with Crippen molar-refractivity contribution in [1.82, 2.24) is 5.32 Å². The molecule has 1 unspecified atom stereocenters. The number of nitrogens with zero attached hydrogens (tertiary/aromatic N) is 1. The molecule has 0 saturated carbocycles. The Morgan fingerprint density at radius 1 is 1.21 bits per heavy atom. The summed E-state index contributed by atoms with van der Waals surface area (Å²) in [6.07, 6.45) is -0.178. The van der Waals surface area contributed by atoms with Gasteiger partial charge in [0.1, 0.15) is 12.7 Å². The number of ether oxygens (including phenoxy) is 2. The van der Waals surface area contributed by atoms with Crippen LogP contribution in [0.3, 0.4) is 0 Å². The van der Waals surface area contributed by atoms with Gasteiger partial charge in [-0.05, 0) is 37.4 Å². The Morgan fingerprint density at radius 2 is 2.00 bits per heavy atom. The molecule has 0 saturated heterocycles.